The minimum Gasteiger partial charge on any atom is -0.356 e. The van der Waals surface area contributed by atoms with Gasteiger partial charge >= 0.3 is 0 Å². The van der Waals surface area contributed by atoms with Crippen molar-refractivity contribution in [3.8, 4) is 11.3 Å². The number of aromatic nitrogens is 3. The van der Waals surface area contributed by atoms with Gasteiger partial charge in [-0.25, -0.2) is 0 Å². The van der Waals surface area contributed by atoms with E-state index < -0.39 is 0 Å². The molecule has 0 aliphatic carbocycles. The lowest BCUT2D eigenvalue weighted by atomic mass is 9.95. The Bertz CT molecular complexity index is 895. The average molecular weight is 350 g/mol. The van der Waals surface area contributed by atoms with Gasteiger partial charge in [-0.2, -0.15) is 5.10 Å². The van der Waals surface area contributed by atoms with Gasteiger partial charge in [-0.15, -0.1) is 0 Å². The van der Waals surface area contributed by atoms with Gasteiger partial charge in [-0.3, -0.25) is 10.00 Å². The van der Waals surface area contributed by atoms with Crippen molar-refractivity contribution in [1.82, 2.24) is 20.3 Å². The summed E-state index contributed by atoms with van der Waals surface area (Å²) in [5.74, 6) is 0.794. The first kappa shape index (κ1) is 17.0. The van der Waals surface area contributed by atoms with Gasteiger partial charge in [0.15, 0.2) is 5.76 Å². The maximum Gasteiger partial charge on any atom is 0.170 e. The van der Waals surface area contributed by atoms with Gasteiger partial charge < -0.3 is 4.52 Å². The van der Waals surface area contributed by atoms with Gasteiger partial charge in [-0.05, 0) is 56.8 Å². The fourth-order valence-electron chi connectivity index (χ4n) is 3.88. The Labute approximate surface area is 154 Å². The Morgan fingerprint density at radius 3 is 2.81 bits per heavy atom. The van der Waals surface area contributed by atoms with E-state index in [4.69, 9.17) is 4.52 Å². The van der Waals surface area contributed by atoms with E-state index in [1.165, 1.54) is 29.5 Å². The molecule has 1 saturated heterocycles. The van der Waals surface area contributed by atoms with Crippen molar-refractivity contribution in [2.75, 3.05) is 6.54 Å². The Balaban J connectivity index is 1.62. The van der Waals surface area contributed by atoms with Crippen LogP contribution in [0.4, 0.5) is 0 Å². The molecule has 1 aliphatic heterocycles. The highest BCUT2D eigenvalue weighted by atomic mass is 16.5. The van der Waals surface area contributed by atoms with Crippen molar-refractivity contribution in [1.29, 1.82) is 0 Å². The summed E-state index contributed by atoms with van der Waals surface area (Å²) in [6, 6.07) is 9.09. The fraction of sp³-hybridized carbons (Fsp3) is 0.429. The Hall–Kier alpha value is -2.40. The summed E-state index contributed by atoms with van der Waals surface area (Å²) in [5, 5.41) is 11.6. The number of aromatic amines is 1. The van der Waals surface area contributed by atoms with E-state index in [1.807, 2.05) is 19.2 Å². The van der Waals surface area contributed by atoms with Gasteiger partial charge in [-0.1, -0.05) is 29.8 Å². The van der Waals surface area contributed by atoms with E-state index in [9.17, 15) is 0 Å². The molecule has 1 aromatic carbocycles. The monoisotopic (exact) mass is 350 g/mol. The van der Waals surface area contributed by atoms with E-state index in [1.54, 1.807) is 0 Å². The smallest absolute Gasteiger partial charge is 0.170 e. The molecular weight excluding hydrogens is 324 g/mol. The van der Waals surface area contributed by atoms with E-state index in [2.05, 4.69) is 52.3 Å². The number of benzene rings is 1. The third kappa shape index (κ3) is 3.31. The molecule has 4 rings (SSSR count). The number of rotatable bonds is 4. The molecule has 5 nitrogen and oxygen atoms in total. The van der Waals surface area contributed by atoms with Gasteiger partial charge in [0.25, 0.3) is 0 Å². The molecule has 0 amide bonds. The molecule has 1 aliphatic rings. The second kappa shape index (κ2) is 7.08. The van der Waals surface area contributed by atoms with Crippen LogP contribution in [0.25, 0.3) is 11.3 Å². The number of H-pyrrole nitrogens is 1. The van der Waals surface area contributed by atoms with Crippen molar-refractivity contribution >= 4 is 0 Å². The molecule has 5 heteroatoms. The lowest BCUT2D eigenvalue weighted by Gasteiger charge is -2.35. The predicted octanol–water partition coefficient (Wildman–Crippen LogP) is 4.72. The first-order valence-corrected chi connectivity index (χ1v) is 9.39. The third-order valence-corrected chi connectivity index (χ3v) is 5.47. The second-order valence-corrected chi connectivity index (χ2v) is 7.43. The van der Waals surface area contributed by atoms with Crippen LogP contribution in [-0.4, -0.2) is 26.8 Å². The molecule has 0 bridgehead atoms. The number of hydrogen-bond acceptors (Lipinski definition) is 4. The molecule has 0 saturated carbocycles. The number of nitrogens with zero attached hydrogens (tertiary/aromatic N) is 3. The normalized spacial score (nSPS) is 18.3. The Morgan fingerprint density at radius 2 is 2.04 bits per heavy atom. The van der Waals surface area contributed by atoms with Crippen LogP contribution in [0.5, 0.6) is 0 Å². The standard InChI is InChI=1S/C21H26N4O/c1-14-7-8-17(10-15(14)2)13-25-9-5-4-6-19(25)21-18(12-22-23-21)20-11-16(3)24-26-20/h7-8,10-12,19H,4-6,9,13H2,1-3H3,(H,22,23)/t19-/m1/s1. The van der Waals surface area contributed by atoms with Crippen LogP contribution in [0.1, 0.15) is 53.4 Å². The molecule has 0 radical (unpaired) electrons. The third-order valence-electron chi connectivity index (χ3n) is 5.47. The largest absolute Gasteiger partial charge is 0.356 e. The van der Waals surface area contributed by atoms with Crippen molar-refractivity contribution in [2.24, 2.45) is 0 Å². The minimum absolute atomic E-state index is 0.327. The van der Waals surface area contributed by atoms with Crippen LogP contribution in [0, 0.1) is 20.8 Å². The predicted molar refractivity (Wildman–Crippen MR) is 102 cm³/mol. The molecule has 0 spiro atoms. The van der Waals surface area contributed by atoms with E-state index in [0.717, 1.165) is 42.2 Å². The number of piperidine rings is 1. The maximum atomic E-state index is 5.49. The summed E-state index contributed by atoms with van der Waals surface area (Å²) in [7, 11) is 0. The molecule has 1 N–H and O–H groups in total. The second-order valence-electron chi connectivity index (χ2n) is 7.43. The zero-order valence-electron chi connectivity index (χ0n) is 15.7. The Kier molecular flexibility index (Phi) is 4.64. The average Bonchev–Trinajstić information content (AvgIpc) is 3.27. The summed E-state index contributed by atoms with van der Waals surface area (Å²) in [5.41, 5.74) is 7.14. The van der Waals surface area contributed by atoms with Crippen LogP contribution < -0.4 is 0 Å². The number of aryl methyl sites for hydroxylation is 3. The highest BCUT2D eigenvalue weighted by Gasteiger charge is 2.28. The zero-order valence-corrected chi connectivity index (χ0v) is 15.7. The molecule has 3 heterocycles. The summed E-state index contributed by atoms with van der Waals surface area (Å²) in [6.45, 7) is 8.36. The van der Waals surface area contributed by atoms with E-state index in [-0.39, 0.29) is 0 Å². The SMILES string of the molecule is Cc1cc(-c2cn[nH]c2[C@H]2CCCCN2Cc2ccc(C)c(C)c2)on1. The lowest BCUT2D eigenvalue weighted by molar-refractivity contribution is 0.137. The maximum absolute atomic E-state index is 5.49. The number of likely N-dealkylation sites (tertiary alicyclic amines) is 1. The summed E-state index contributed by atoms with van der Waals surface area (Å²) >= 11 is 0. The molecular formula is C21H26N4O. The van der Waals surface area contributed by atoms with Gasteiger partial charge in [0.1, 0.15) is 0 Å². The Morgan fingerprint density at radius 1 is 1.15 bits per heavy atom. The molecule has 26 heavy (non-hydrogen) atoms. The molecule has 1 fully saturated rings. The van der Waals surface area contributed by atoms with Gasteiger partial charge in [0.05, 0.1) is 29.2 Å². The van der Waals surface area contributed by atoms with Crippen LogP contribution in [0.3, 0.4) is 0 Å². The van der Waals surface area contributed by atoms with Gasteiger partial charge in [0, 0.05) is 12.6 Å². The highest BCUT2D eigenvalue weighted by molar-refractivity contribution is 5.60. The van der Waals surface area contributed by atoms with Crippen molar-refractivity contribution in [3.63, 3.8) is 0 Å². The molecule has 136 valence electrons. The van der Waals surface area contributed by atoms with E-state index >= 15 is 0 Å². The molecule has 1 atom stereocenters. The van der Waals surface area contributed by atoms with Crippen LogP contribution in [-0.2, 0) is 6.54 Å². The molecule has 3 aromatic rings. The van der Waals surface area contributed by atoms with Crippen LogP contribution in [0.15, 0.2) is 35.0 Å². The highest BCUT2D eigenvalue weighted by Crippen LogP contribution is 2.36. The van der Waals surface area contributed by atoms with Crippen molar-refractivity contribution in [3.05, 3.63) is 58.5 Å². The molecule has 2 aromatic heterocycles. The topological polar surface area (TPSA) is 58.0 Å². The zero-order chi connectivity index (χ0) is 18.1. The summed E-state index contributed by atoms with van der Waals surface area (Å²) < 4.78 is 5.49. The summed E-state index contributed by atoms with van der Waals surface area (Å²) in [6.07, 6.45) is 5.47. The lowest BCUT2D eigenvalue weighted by Crippen LogP contribution is -2.33. The van der Waals surface area contributed by atoms with Crippen LogP contribution >= 0.6 is 0 Å². The quantitative estimate of drug-likeness (QED) is 0.740. The first-order valence-electron chi connectivity index (χ1n) is 9.39. The minimum atomic E-state index is 0.327. The van der Waals surface area contributed by atoms with Crippen molar-refractivity contribution in [2.45, 2.75) is 52.6 Å². The first-order chi connectivity index (χ1) is 12.6. The number of nitrogens with one attached hydrogen (secondary N) is 1. The van der Waals surface area contributed by atoms with Gasteiger partial charge in [0.2, 0.25) is 0 Å². The fourth-order valence-corrected chi connectivity index (χ4v) is 3.88. The summed E-state index contributed by atoms with van der Waals surface area (Å²) in [4.78, 5) is 2.56. The van der Waals surface area contributed by atoms with E-state index in [0.29, 0.717) is 6.04 Å². The number of hydrogen-bond donors (Lipinski definition) is 1. The van der Waals surface area contributed by atoms with Crippen molar-refractivity contribution < 1.29 is 4.52 Å². The molecule has 0 unspecified atom stereocenters. The van der Waals surface area contributed by atoms with Crippen LogP contribution in [0.2, 0.25) is 0 Å².